The van der Waals surface area contributed by atoms with Gasteiger partial charge >= 0.3 is 0 Å². The third-order valence-corrected chi connectivity index (χ3v) is 3.46. The number of likely N-dealkylation sites (N-methyl/N-ethyl adjacent to an activating group) is 1. The molecule has 0 unspecified atom stereocenters. The highest BCUT2D eigenvalue weighted by Gasteiger charge is 2.13. The van der Waals surface area contributed by atoms with Gasteiger partial charge in [-0.2, -0.15) is 0 Å². The van der Waals surface area contributed by atoms with Gasteiger partial charge in [-0.05, 0) is 30.7 Å². The van der Waals surface area contributed by atoms with Crippen LogP contribution >= 0.6 is 0 Å². The number of benzene rings is 2. The first-order valence-corrected chi connectivity index (χ1v) is 7.26. The number of rotatable bonds is 6. The van der Waals surface area contributed by atoms with Crippen molar-refractivity contribution >= 4 is 5.91 Å². The zero-order valence-electron chi connectivity index (χ0n) is 13.5. The molecule has 2 rings (SSSR count). The Morgan fingerprint density at radius 3 is 2.61 bits per heavy atom. The van der Waals surface area contributed by atoms with Crippen LogP contribution in [0.25, 0.3) is 0 Å². The van der Waals surface area contributed by atoms with Crippen molar-refractivity contribution in [2.75, 3.05) is 20.8 Å². The van der Waals surface area contributed by atoms with Crippen LogP contribution in [0.2, 0.25) is 0 Å². The molecule has 0 bridgehead atoms. The number of halogens is 1. The summed E-state index contributed by atoms with van der Waals surface area (Å²) in [5, 5.41) is 0. The molecule has 23 heavy (non-hydrogen) atoms. The van der Waals surface area contributed by atoms with E-state index >= 15 is 0 Å². The standard InChI is InChI=1S/C18H20FNO3/c1-13-8-9-16(17(10-13)22-3)23-12-18(21)20(2)11-14-6-4-5-7-15(14)19/h4-10H,11-12H2,1-3H3. The summed E-state index contributed by atoms with van der Waals surface area (Å²) < 4.78 is 24.4. The van der Waals surface area contributed by atoms with E-state index in [1.807, 2.05) is 19.1 Å². The van der Waals surface area contributed by atoms with Gasteiger partial charge in [-0.1, -0.05) is 24.3 Å². The maximum Gasteiger partial charge on any atom is 0.260 e. The van der Waals surface area contributed by atoms with E-state index in [1.54, 1.807) is 38.4 Å². The van der Waals surface area contributed by atoms with Crippen LogP contribution < -0.4 is 9.47 Å². The van der Waals surface area contributed by atoms with Gasteiger partial charge in [0.1, 0.15) is 5.82 Å². The fourth-order valence-electron chi connectivity index (χ4n) is 2.11. The first-order valence-electron chi connectivity index (χ1n) is 7.26. The molecular weight excluding hydrogens is 297 g/mol. The molecule has 0 heterocycles. The molecule has 0 spiro atoms. The number of amides is 1. The van der Waals surface area contributed by atoms with E-state index in [2.05, 4.69) is 0 Å². The minimum Gasteiger partial charge on any atom is -0.493 e. The molecule has 0 N–H and O–H groups in total. The minimum absolute atomic E-state index is 0.135. The molecule has 122 valence electrons. The van der Waals surface area contributed by atoms with Gasteiger partial charge in [0.25, 0.3) is 5.91 Å². The zero-order chi connectivity index (χ0) is 16.8. The van der Waals surface area contributed by atoms with Gasteiger partial charge in [0.15, 0.2) is 18.1 Å². The molecule has 1 amide bonds. The van der Waals surface area contributed by atoms with Crippen molar-refractivity contribution in [2.45, 2.75) is 13.5 Å². The van der Waals surface area contributed by atoms with Crippen LogP contribution in [0.5, 0.6) is 11.5 Å². The van der Waals surface area contributed by atoms with Gasteiger partial charge in [-0.25, -0.2) is 4.39 Å². The Labute approximate surface area is 135 Å². The van der Waals surface area contributed by atoms with Crippen LogP contribution in [0.1, 0.15) is 11.1 Å². The Balaban J connectivity index is 1.95. The molecular formula is C18H20FNO3. The predicted octanol–water partition coefficient (Wildman–Crippen LogP) is 3.18. The van der Waals surface area contributed by atoms with E-state index in [1.165, 1.54) is 11.0 Å². The largest absolute Gasteiger partial charge is 0.493 e. The van der Waals surface area contributed by atoms with Crippen molar-refractivity contribution in [2.24, 2.45) is 0 Å². The lowest BCUT2D eigenvalue weighted by Crippen LogP contribution is -2.31. The van der Waals surface area contributed by atoms with Crippen molar-refractivity contribution in [1.29, 1.82) is 0 Å². The first kappa shape index (κ1) is 16.8. The molecule has 5 heteroatoms. The SMILES string of the molecule is COc1cc(C)ccc1OCC(=O)N(C)Cc1ccccc1F. The van der Waals surface area contributed by atoms with E-state index in [-0.39, 0.29) is 24.9 Å². The van der Waals surface area contributed by atoms with Crippen LogP contribution in [0, 0.1) is 12.7 Å². The number of methoxy groups -OCH3 is 1. The molecule has 0 saturated heterocycles. The highest BCUT2D eigenvalue weighted by Crippen LogP contribution is 2.27. The fraction of sp³-hybridized carbons (Fsp3) is 0.278. The van der Waals surface area contributed by atoms with Gasteiger partial charge in [0.2, 0.25) is 0 Å². The Morgan fingerprint density at radius 1 is 1.17 bits per heavy atom. The summed E-state index contributed by atoms with van der Waals surface area (Å²) in [6.45, 7) is 2.00. The summed E-state index contributed by atoms with van der Waals surface area (Å²) in [7, 11) is 3.16. The molecule has 0 aliphatic carbocycles. The smallest absolute Gasteiger partial charge is 0.260 e. The summed E-state index contributed by atoms with van der Waals surface area (Å²) in [4.78, 5) is 13.6. The van der Waals surface area contributed by atoms with Crippen LogP contribution in [0.4, 0.5) is 4.39 Å². The summed E-state index contributed by atoms with van der Waals surface area (Å²) >= 11 is 0. The van der Waals surface area contributed by atoms with Crippen molar-refractivity contribution < 1.29 is 18.7 Å². The average Bonchev–Trinajstić information content (AvgIpc) is 2.55. The Kier molecular flexibility index (Phi) is 5.57. The lowest BCUT2D eigenvalue weighted by atomic mass is 10.2. The highest BCUT2D eigenvalue weighted by atomic mass is 19.1. The summed E-state index contributed by atoms with van der Waals surface area (Å²) in [5.74, 6) is 0.518. The lowest BCUT2D eigenvalue weighted by Gasteiger charge is -2.18. The van der Waals surface area contributed by atoms with E-state index in [0.717, 1.165) is 5.56 Å². The second-order valence-corrected chi connectivity index (χ2v) is 5.28. The monoisotopic (exact) mass is 317 g/mol. The van der Waals surface area contributed by atoms with Crippen molar-refractivity contribution in [3.8, 4) is 11.5 Å². The molecule has 0 radical (unpaired) electrons. The zero-order valence-corrected chi connectivity index (χ0v) is 13.5. The number of carbonyl (C=O) groups is 1. The molecule has 2 aromatic carbocycles. The Morgan fingerprint density at radius 2 is 1.91 bits per heavy atom. The number of nitrogens with zero attached hydrogens (tertiary/aromatic N) is 1. The van der Waals surface area contributed by atoms with Gasteiger partial charge in [0.05, 0.1) is 7.11 Å². The fourth-order valence-corrected chi connectivity index (χ4v) is 2.11. The summed E-state index contributed by atoms with van der Waals surface area (Å²) in [6, 6.07) is 11.9. The maximum atomic E-state index is 13.6. The Bertz CT molecular complexity index is 688. The third kappa shape index (κ3) is 4.45. The maximum absolute atomic E-state index is 13.6. The quantitative estimate of drug-likeness (QED) is 0.821. The molecule has 0 atom stereocenters. The second kappa shape index (κ2) is 7.63. The molecule has 0 fully saturated rings. The van der Waals surface area contributed by atoms with Gasteiger partial charge in [0, 0.05) is 19.2 Å². The number of hydrogen-bond acceptors (Lipinski definition) is 3. The molecule has 0 saturated carbocycles. The number of aryl methyl sites for hydroxylation is 1. The first-order chi connectivity index (χ1) is 11.0. The topological polar surface area (TPSA) is 38.8 Å². The molecule has 0 aliphatic heterocycles. The van der Waals surface area contributed by atoms with E-state index < -0.39 is 0 Å². The third-order valence-electron chi connectivity index (χ3n) is 3.46. The van der Waals surface area contributed by atoms with Gasteiger partial charge in [-0.3, -0.25) is 4.79 Å². The van der Waals surface area contributed by atoms with Crippen LogP contribution in [0.15, 0.2) is 42.5 Å². The van der Waals surface area contributed by atoms with Crippen molar-refractivity contribution in [3.63, 3.8) is 0 Å². The molecule has 4 nitrogen and oxygen atoms in total. The van der Waals surface area contributed by atoms with Crippen LogP contribution in [0.3, 0.4) is 0 Å². The van der Waals surface area contributed by atoms with Crippen molar-refractivity contribution in [3.05, 3.63) is 59.4 Å². The number of carbonyl (C=O) groups excluding carboxylic acids is 1. The molecule has 2 aromatic rings. The van der Waals surface area contributed by atoms with Gasteiger partial charge < -0.3 is 14.4 Å². The normalized spacial score (nSPS) is 10.3. The number of hydrogen-bond donors (Lipinski definition) is 0. The van der Waals surface area contributed by atoms with E-state index in [0.29, 0.717) is 17.1 Å². The van der Waals surface area contributed by atoms with Crippen LogP contribution in [-0.2, 0) is 11.3 Å². The van der Waals surface area contributed by atoms with Crippen molar-refractivity contribution in [1.82, 2.24) is 4.90 Å². The number of ether oxygens (including phenoxy) is 2. The van der Waals surface area contributed by atoms with Gasteiger partial charge in [-0.15, -0.1) is 0 Å². The second-order valence-electron chi connectivity index (χ2n) is 5.28. The Hall–Kier alpha value is -2.56. The summed E-state index contributed by atoms with van der Waals surface area (Å²) in [6.07, 6.45) is 0. The van der Waals surface area contributed by atoms with E-state index in [4.69, 9.17) is 9.47 Å². The molecule has 0 aliphatic rings. The molecule has 0 aromatic heterocycles. The van der Waals surface area contributed by atoms with E-state index in [9.17, 15) is 9.18 Å². The minimum atomic E-state index is -0.326. The summed E-state index contributed by atoms with van der Waals surface area (Å²) in [5.41, 5.74) is 1.51. The highest BCUT2D eigenvalue weighted by molar-refractivity contribution is 5.77. The average molecular weight is 317 g/mol. The predicted molar refractivity (Wildman–Crippen MR) is 86.1 cm³/mol. The van der Waals surface area contributed by atoms with Crippen LogP contribution in [-0.4, -0.2) is 31.6 Å². The lowest BCUT2D eigenvalue weighted by molar-refractivity contribution is -0.132.